The number of methoxy groups -OCH3 is 1. The lowest BCUT2D eigenvalue weighted by atomic mass is 9.98. The van der Waals surface area contributed by atoms with E-state index in [2.05, 4.69) is 0 Å². The lowest BCUT2D eigenvalue weighted by Gasteiger charge is -2.11. The maximum Gasteiger partial charge on any atom is 0.238 e. The Balaban J connectivity index is 1.83. The van der Waals surface area contributed by atoms with Gasteiger partial charge in [-0.15, -0.1) is 0 Å². The summed E-state index contributed by atoms with van der Waals surface area (Å²) >= 11 is 0. The van der Waals surface area contributed by atoms with Gasteiger partial charge < -0.3 is 9.47 Å². The van der Waals surface area contributed by atoms with Crippen LogP contribution in [-0.2, 0) is 28.0 Å². The highest BCUT2D eigenvalue weighted by molar-refractivity contribution is 7.89. The third-order valence-corrected chi connectivity index (χ3v) is 6.48. The molecule has 3 aromatic carbocycles. The first kappa shape index (κ1) is 25.3. The van der Waals surface area contributed by atoms with E-state index in [4.69, 9.17) is 19.7 Å². The fraction of sp³-hybridized carbons (Fsp3) is 0.148. The van der Waals surface area contributed by atoms with Crippen molar-refractivity contribution in [2.24, 2.45) is 5.14 Å². The van der Waals surface area contributed by atoms with E-state index >= 15 is 0 Å². The summed E-state index contributed by atoms with van der Waals surface area (Å²) in [6, 6.07) is 20.6. The Morgan fingerprint density at radius 1 is 1.00 bits per heavy atom. The molecule has 0 unspecified atom stereocenters. The Morgan fingerprint density at radius 2 is 1.69 bits per heavy atom. The number of hydrogen-bond donors (Lipinski definition) is 1. The molecule has 4 rings (SSSR count). The number of primary sulfonamides is 1. The number of allylic oxidation sites excluding steroid dienone is 1. The summed E-state index contributed by atoms with van der Waals surface area (Å²) in [5.41, 5.74) is 4.14. The van der Waals surface area contributed by atoms with Crippen molar-refractivity contribution in [3.05, 3.63) is 95.9 Å². The Hall–Kier alpha value is -3.79. The van der Waals surface area contributed by atoms with Crippen molar-refractivity contribution in [3.8, 4) is 28.1 Å². The zero-order valence-corrected chi connectivity index (χ0v) is 20.7. The minimum absolute atomic E-state index is 0.0115. The lowest BCUT2D eigenvalue weighted by molar-refractivity contribution is 0.103. The van der Waals surface area contributed by atoms with Crippen molar-refractivity contribution in [1.29, 1.82) is 0 Å². The second-order valence-electron chi connectivity index (χ2n) is 7.99. The number of hydrogen-bond acceptors (Lipinski definition) is 5. The van der Waals surface area contributed by atoms with E-state index in [1.165, 1.54) is 25.3 Å². The Morgan fingerprint density at radius 3 is 2.31 bits per heavy atom. The standard InChI is InChI=1S/C27H26FN3O4S/c1-3-15-31-24(18-35-17-19-7-5-4-6-8-19)26(21-11-14-25(34-2)23(28)16-21)27(30-31)20-9-12-22(13-10-20)36(29,32)33/h3-16H,17-18H2,1-2H3,(H2,29,32,33). The third kappa shape index (κ3) is 5.54. The predicted octanol–water partition coefficient (Wildman–Crippen LogP) is 5.22. The molecule has 4 aromatic rings. The first-order chi connectivity index (χ1) is 17.3. The van der Waals surface area contributed by atoms with Crippen LogP contribution in [0.15, 0.2) is 83.8 Å². The molecule has 0 saturated carbocycles. The monoisotopic (exact) mass is 507 g/mol. The Bertz CT molecular complexity index is 1480. The third-order valence-electron chi connectivity index (χ3n) is 5.55. The molecule has 0 amide bonds. The number of nitrogens with zero attached hydrogens (tertiary/aromatic N) is 2. The van der Waals surface area contributed by atoms with Crippen molar-refractivity contribution in [1.82, 2.24) is 9.78 Å². The maximum absolute atomic E-state index is 14.7. The van der Waals surface area contributed by atoms with Crippen molar-refractivity contribution in [2.45, 2.75) is 25.0 Å². The summed E-state index contributed by atoms with van der Waals surface area (Å²) in [5, 5.41) is 10.0. The maximum atomic E-state index is 14.7. The van der Waals surface area contributed by atoms with Crippen LogP contribution >= 0.6 is 0 Å². The molecule has 1 heterocycles. The molecule has 1 aromatic heterocycles. The van der Waals surface area contributed by atoms with Crippen molar-refractivity contribution >= 4 is 16.2 Å². The Labute approximate surface area is 209 Å². The van der Waals surface area contributed by atoms with Gasteiger partial charge in [0.25, 0.3) is 0 Å². The quantitative estimate of drug-likeness (QED) is 0.335. The van der Waals surface area contributed by atoms with Crippen LogP contribution in [0.2, 0.25) is 0 Å². The van der Waals surface area contributed by atoms with E-state index < -0.39 is 15.8 Å². The smallest absolute Gasteiger partial charge is 0.238 e. The van der Waals surface area contributed by atoms with Gasteiger partial charge in [-0.1, -0.05) is 54.6 Å². The van der Waals surface area contributed by atoms with Crippen LogP contribution in [0.3, 0.4) is 0 Å². The summed E-state index contributed by atoms with van der Waals surface area (Å²) < 4.78 is 51.0. The molecule has 186 valence electrons. The van der Waals surface area contributed by atoms with Crippen LogP contribution in [0, 0.1) is 5.82 Å². The number of rotatable bonds is 9. The van der Waals surface area contributed by atoms with Crippen molar-refractivity contribution in [2.75, 3.05) is 7.11 Å². The molecule has 2 N–H and O–H groups in total. The summed E-state index contributed by atoms with van der Waals surface area (Å²) in [6.45, 7) is 2.45. The average Bonchev–Trinajstić information content (AvgIpc) is 3.22. The van der Waals surface area contributed by atoms with Crippen LogP contribution in [-0.4, -0.2) is 25.3 Å². The Kier molecular flexibility index (Phi) is 7.64. The normalized spacial score (nSPS) is 11.8. The molecular formula is C27H26FN3O4S. The minimum Gasteiger partial charge on any atom is -0.494 e. The molecular weight excluding hydrogens is 481 g/mol. The van der Waals surface area contributed by atoms with Gasteiger partial charge in [-0.05, 0) is 42.3 Å². The van der Waals surface area contributed by atoms with Crippen LogP contribution in [0.5, 0.6) is 5.75 Å². The van der Waals surface area contributed by atoms with Crippen LogP contribution < -0.4 is 9.88 Å². The largest absolute Gasteiger partial charge is 0.494 e. The number of halogens is 1. The SMILES string of the molecule is CC=Cn1nc(-c2ccc(S(N)(=O)=O)cc2)c(-c2ccc(OC)c(F)c2)c1COCc1ccccc1. The zero-order chi connectivity index (χ0) is 25.7. The van der Waals surface area contributed by atoms with Gasteiger partial charge in [0.15, 0.2) is 11.6 Å². The minimum atomic E-state index is -3.85. The molecule has 0 saturated heterocycles. The molecule has 0 bridgehead atoms. The van der Waals surface area contributed by atoms with Crippen LogP contribution in [0.25, 0.3) is 28.6 Å². The molecule has 9 heteroatoms. The van der Waals surface area contributed by atoms with E-state index in [0.29, 0.717) is 34.7 Å². The van der Waals surface area contributed by atoms with Gasteiger partial charge in [0.1, 0.15) is 5.69 Å². The molecule has 7 nitrogen and oxygen atoms in total. The summed E-state index contributed by atoms with van der Waals surface area (Å²) in [7, 11) is -2.44. The molecule has 0 fully saturated rings. The van der Waals surface area contributed by atoms with E-state index in [-0.39, 0.29) is 17.3 Å². The van der Waals surface area contributed by atoms with Gasteiger partial charge >= 0.3 is 0 Å². The zero-order valence-electron chi connectivity index (χ0n) is 19.9. The molecule has 36 heavy (non-hydrogen) atoms. The number of ether oxygens (including phenoxy) is 2. The van der Waals surface area contributed by atoms with Gasteiger partial charge in [0, 0.05) is 17.3 Å². The number of sulfonamides is 1. The van der Waals surface area contributed by atoms with E-state index in [9.17, 15) is 12.8 Å². The number of aromatic nitrogens is 2. The van der Waals surface area contributed by atoms with Gasteiger partial charge in [0.2, 0.25) is 10.0 Å². The number of nitrogens with two attached hydrogens (primary N) is 1. The molecule has 0 aliphatic rings. The van der Waals surface area contributed by atoms with E-state index in [1.807, 2.05) is 43.3 Å². The average molecular weight is 508 g/mol. The van der Waals surface area contributed by atoms with Gasteiger partial charge in [-0.2, -0.15) is 5.10 Å². The molecule has 0 aliphatic heterocycles. The van der Waals surface area contributed by atoms with Crippen LogP contribution in [0.4, 0.5) is 4.39 Å². The molecule has 0 atom stereocenters. The first-order valence-electron chi connectivity index (χ1n) is 11.1. The van der Waals surface area contributed by atoms with E-state index in [1.54, 1.807) is 35.1 Å². The van der Waals surface area contributed by atoms with Crippen molar-refractivity contribution < 1.29 is 22.3 Å². The highest BCUT2D eigenvalue weighted by Gasteiger charge is 2.22. The fourth-order valence-corrected chi connectivity index (χ4v) is 4.36. The second-order valence-corrected chi connectivity index (χ2v) is 9.56. The van der Waals surface area contributed by atoms with E-state index in [0.717, 1.165) is 5.56 Å². The first-order valence-corrected chi connectivity index (χ1v) is 12.7. The highest BCUT2D eigenvalue weighted by atomic mass is 32.2. The summed E-state index contributed by atoms with van der Waals surface area (Å²) in [5.74, 6) is -0.388. The summed E-state index contributed by atoms with van der Waals surface area (Å²) in [4.78, 5) is -0.0115. The lowest BCUT2D eigenvalue weighted by Crippen LogP contribution is -2.11. The second kappa shape index (κ2) is 10.9. The van der Waals surface area contributed by atoms with Crippen molar-refractivity contribution in [3.63, 3.8) is 0 Å². The molecule has 0 radical (unpaired) electrons. The molecule has 0 spiro atoms. The topological polar surface area (TPSA) is 96.4 Å². The van der Waals surface area contributed by atoms with Crippen LogP contribution in [0.1, 0.15) is 18.2 Å². The van der Waals surface area contributed by atoms with Gasteiger partial charge in [0.05, 0.1) is 30.9 Å². The number of benzene rings is 3. The predicted molar refractivity (Wildman–Crippen MR) is 137 cm³/mol. The van der Waals surface area contributed by atoms with Gasteiger partial charge in [-0.25, -0.2) is 22.6 Å². The summed E-state index contributed by atoms with van der Waals surface area (Å²) in [6.07, 6.45) is 3.62. The fourth-order valence-electron chi connectivity index (χ4n) is 3.84. The highest BCUT2D eigenvalue weighted by Crippen LogP contribution is 2.37. The van der Waals surface area contributed by atoms with Gasteiger partial charge in [-0.3, -0.25) is 0 Å². The molecule has 0 aliphatic carbocycles.